The lowest BCUT2D eigenvalue weighted by Crippen LogP contribution is -2.60. The number of carbonyl (C=O) groups is 1. The van der Waals surface area contributed by atoms with E-state index in [-0.39, 0.29) is 6.61 Å². The van der Waals surface area contributed by atoms with Gasteiger partial charge in [-0.1, -0.05) is 23.9 Å². The molecule has 10 nitrogen and oxygen atoms in total. The number of nitrogens with zero attached hydrogens (tertiary/aromatic N) is 3. The van der Waals surface area contributed by atoms with Gasteiger partial charge in [0.05, 0.1) is 23.5 Å². The Balaban J connectivity index is 1.09. The molecule has 0 radical (unpaired) electrons. The van der Waals surface area contributed by atoms with E-state index in [0.717, 1.165) is 60.7 Å². The molecule has 230 valence electrons. The van der Waals surface area contributed by atoms with Crippen molar-refractivity contribution in [2.75, 3.05) is 57.3 Å². The molecule has 0 aliphatic carbocycles. The minimum absolute atomic E-state index is 0.128. The van der Waals surface area contributed by atoms with Crippen LogP contribution in [0.2, 0.25) is 0 Å². The summed E-state index contributed by atoms with van der Waals surface area (Å²) in [5, 5.41) is 38.9. The number of para-hydroxylation sites is 1. The smallest absolute Gasteiger partial charge is 0.416 e. The second kappa shape index (κ2) is 13.1. The first kappa shape index (κ1) is 31.0. The highest BCUT2D eigenvalue weighted by atomic mass is 32.2. The van der Waals surface area contributed by atoms with Gasteiger partial charge in [0.1, 0.15) is 18.3 Å². The molecule has 2 fully saturated rings. The topological polar surface area (TPSA) is 126 Å². The quantitative estimate of drug-likeness (QED) is 0.333. The third kappa shape index (κ3) is 6.86. The van der Waals surface area contributed by atoms with Crippen molar-refractivity contribution in [3.8, 4) is 0 Å². The van der Waals surface area contributed by atoms with Crippen LogP contribution < -0.4 is 4.90 Å². The van der Waals surface area contributed by atoms with Gasteiger partial charge in [0.15, 0.2) is 12.4 Å². The Kier molecular flexibility index (Phi) is 9.64. The van der Waals surface area contributed by atoms with Crippen molar-refractivity contribution in [3.63, 3.8) is 0 Å². The molecule has 5 rings (SSSR count). The predicted octanol–water partition coefficient (Wildman–Crippen LogP) is 2.22. The van der Waals surface area contributed by atoms with Gasteiger partial charge in [0.25, 0.3) is 0 Å². The molecule has 4 N–H and O–H groups in total. The molecule has 0 amide bonds. The fraction of sp³-hybridized carbons (Fsp3) is 0.536. The number of piperazine rings is 1. The lowest BCUT2D eigenvalue weighted by atomic mass is 9.99. The highest BCUT2D eigenvalue weighted by Crippen LogP contribution is 2.49. The van der Waals surface area contributed by atoms with Crippen LogP contribution in [0.15, 0.2) is 52.3 Å². The summed E-state index contributed by atoms with van der Waals surface area (Å²) in [5.74, 6) is -1.46. The average molecular weight is 614 g/mol. The van der Waals surface area contributed by atoms with Gasteiger partial charge in [-0.05, 0) is 43.3 Å². The molecule has 0 bridgehead atoms. The van der Waals surface area contributed by atoms with Crippen LogP contribution in [0.25, 0.3) is 0 Å². The fourth-order valence-electron chi connectivity index (χ4n) is 5.42. The van der Waals surface area contributed by atoms with Crippen molar-refractivity contribution < 1.29 is 47.9 Å². The number of hydrogen-bond acceptors (Lipinski definition) is 10. The number of aliphatic carboxylic acids is 1. The number of alkyl halides is 3. The van der Waals surface area contributed by atoms with Crippen LogP contribution in [0.5, 0.6) is 0 Å². The summed E-state index contributed by atoms with van der Waals surface area (Å²) in [6.45, 7) is 5.05. The predicted molar refractivity (Wildman–Crippen MR) is 147 cm³/mol. The lowest BCUT2D eigenvalue weighted by molar-refractivity contribution is -0.294. The van der Waals surface area contributed by atoms with Gasteiger partial charge >= 0.3 is 12.1 Å². The lowest BCUT2D eigenvalue weighted by Gasteiger charge is -2.39. The van der Waals surface area contributed by atoms with Crippen molar-refractivity contribution in [2.24, 2.45) is 0 Å². The minimum Gasteiger partial charge on any atom is -0.479 e. The molecule has 3 heterocycles. The second-order valence-corrected chi connectivity index (χ2v) is 11.6. The van der Waals surface area contributed by atoms with E-state index in [9.17, 15) is 33.3 Å². The van der Waals surface area contributed by atoms with Crippen molar-refractivity contribution in [1.29, 1.82) is 0 Å². The molecule has 42 heavy (non-hydrogen) atoms. The van der Waals surface area contributed by atoms with Crippen molar-refractivity contribution >= 4 is 29.1 Å². The van der Waals surface area contributed by atoms with E-state index in [1.807, 2.05) is 29.2 Å². The Bertz CT molecular complexity index is 1250. The standard InChI is InChI=1S/C28H34F3N3O7S/c29-28(30,31)17-6-7-21-19(16-17)34(18-4-1-2-5-20(18)42-21)9-3-8-32-10-12-33(13-11-32)14-15-40-27-24(37)22(35)23(36)25(41-27)26(38)39/h1-2,4-7,16,22-25,27,35-37H,3,8-15H2,(H,38,39)/t22?,23-,24?,25?,27+/m1/s1. The number of aliphatic hydroxyl groups is 3. The average Bonchev–Trinajstić information content (AvgIpc) is 2.96. The number of aliphatic hydroxyl groups excluding tert-OH is 3. The SMILES string of the molecule is O=C(O)C1O[C@H](OCCN2CCN(CCCN3c4ccccc4Sc4ccc(C(F)(F)F)cc43)CC2)C(O)C(O)[C@H]1O. The van der Waals surface area contributed by atoms with E-state index in [1.165, 1.54) is 17.8 Å². The zero-order valence-electron chi connectivity index (χ0n) is 22.7. The third-order valence-electron chi connectivity index (χ3n) is 7.78. The number of carboxylic acids is 1. The molecule has 14 heteroatoms. The maximum atomic E-state index is 13.5. The number of carboxylic acid groups (broad SMARTS) is 1. The van der Waals surface area contributed by atoms with Gasteiger partial charge in [0.2, 0.25) is 0 Å². The third-order valence-corrected chi connectivity index (χ3v) is 8.91. The number of rotatable bonds is 9. The molecule has 2 aromatic rings. The van der Waals surface area contributed by atoms with Crippen LogP contribution in [0.4, 0.5) is 24.5 Å². The highest BCUT2D eigenvalue weighted by molar-refractivity contribution is 7.99. The van der Waals surface area contributed by atoms with Crippen molar-refractivity contribution in [1.82, 2.24) is 9.80 Å². The van der Waals surface area contributed by atoms with Crippen LogP contribution in [-0.4, -0.2) is 119 Å². The Morgan fingerprint density at radius 3 is 2.26 bits per heavy atom. The van der Waals surface area contributed by atoms with Gasteiger partial charge in [-0.25, -0.2) is 4.79 Å². The molecule has 0 aromatic heterocycles. The number of fused-ring (bicyclic) bond motifs is 2. The second-order valence-electron chi connectivity index (χ2n) is 10.5. The van der Waals surface area contributed by atoms with Crippen molar-refractivity contribution in [3.05, 3.63) is 48.0 Å². The van der Waals surface area contributed by atoms with E-state index in [4.69, 9.17) is 14.6 Å². The number of ether oxygens (including phenoxy) is 2. The molecule has 0 saturated carbocycles. The van der Waals surface area contributed by atoms with Gasteiger partial charge in [-0.2, -0.15) is 13.2 Å². The zero-order chi connectivity index (χ0) is 30.0. The molecule has 3 aliphatic rings. The molecule has 3 aliphatic heterocycles. The van der Waals surface area contributed by atoms with Crippen LogP contribution in [-0.2, 0) is 20.4 Å². The zero-order valence-corrected chi connectivity index (χ0v) is 23.5. The summed E-state index contributed by atoms with van der Waals surface area (Å²) in [4.78, 5) is 19.5. The summed E-state index contributed by atoms with van der Waals surface area (Å²) in [5.41, 5.74) is 0.816. The summed E-state index contributed by atoms with van der Waals surface area (Å²) in [7, 11) is 0. The van der Waals surface area contributed by atoms with Gasteiger partial charge < -0.3 is 39.7 Å². The Labute approximate surface area is 245 Å². The molecule has 3 unspecified atom stereocenters. The number of hydrogen-bond donors (Lipinski definition) is 4. The Hall–Kier alpha value is -2.43. The molecular weight excluding hydrogens is 579 g/mol. The maximum Gasteiger partial charge on any atom is 0.416 e. The van der Waals surface area contributed by atoms with E-state index < -0.39 is 48.4 Å². The van der Waals surface area contributed by atoms with E-state index in [0.29, 0.717) is 18.8 Å². The monoisotopic (exact) mass is 613 g/mol. The first-order valence-electron chi connectivity index (χ1n) is 13.8. The highest BCUT2D eigenvalue weighted by Gasteiger charge is 2.47. The summed E-state index contributed by atoms with van der Waals surface area (Å²) in [6.07, 6.45) is -11.8. The molecule has 5 atom stereocenters. The van der Waals surface area contributed by atoms with Crippen LogP contribution in [0.3, 0.4) is 0 Å². The van der Waals surface area contributed by atoms with Crippen LogP contribution in [0, 0.1) is 0 Å². The summed E-state index contributed by atoms with van der Waals surface area (Å²) >= 11 is 1.48. The maximum absolute atomic E-state index is 13.5. The number of halogens is 3. The summed E-state index contributed by atoms with van der Waals surface area (Å²) < 4.78 is 51.1. The number of benzene rings is 2. The molecular formula is C28H34F3N3O7S. The van der Waals surface area contributed by atoms with Gasteiger partial charge in [-0.15, -0.1) is 0 Å². The Morgan fingerprint density at radius 1 is 0.905 bits per heavy atom. The molecule has 2 aromatic carbocycles. The normalized spacial score (nSPS) is 27.0. The molecule has 0 spiro atoms. The number of anilines is 2. The summed E-state index contributed by atoms with van der Waals surface area (Å²) in [6, 6.07) is 11.7. The minimum atomic E-state index is -4.42. The van der Waals surface area contributed by atoms with Crippen LogP contribution in [0.1, 0.15) is 12.0 Å². The fourth-order valence-corrected chi connectivity index (χ4v) is 6.50. The van der Waals surface area contributed by atoms with E-state index in [2.05, 4.69) is 9.80 Å². The van der Waals surface area contributed by atoms with Crippen molar-refractivity contribution in [2.45, 2.75) is 53.1 Å². The Morgan fingerprint density at radius 2 is 1.57 bits per heavy atom. The molecule has 2 saturated heterocycles. The largest absolute Gasteiger partial charge is 0.479 e. The van der Waals surface area contributed by atoms with Crippen LogP contribution >= 0.6 is 11.8 Å². The first-order valence-corrected chi connectivity index (χ1v) is 14.6. The van der Waals surface area contributed by atoms with E-state index >= 15 is 0 Å². The van der Waals surface area contributed by atoms with E-state index in [1.54, 1.807) is 6.07 Å². The first-order chi connectivity index (χ1) is 20.0. The van der Waals surface area contributed by atoms with Gasteiger partial charge in [0, 0.05) is 49.1 Å². The van der Waals surface area contributed by atoms with Gasteiger partial charge in [-0.3, -0.25) is 4.90 Å².